The molecule has 0 radical (unpaired) electrons. The Kier molecular flexibility index (Phi) is 5.84. The topological polar surface area (TPSA) is 69.6 Å². The van der Waals surface area contributed by atoms with E-state index in [4.69, 9.17) is 5.11 Å². The highest BCUT2D eigenvalue weighted by Gasteiger charge is 2.32. The van der Waals surface area contributed by atoms with Crippen molar-refractivity contribution in [3.05, 3.63) is 35.9 Å². The largest absolute Gasteiger partial charge is 0.481 e. The zero-order valence-corrected chi connectivity index (χ0v) is 15.6. The van der Waals surface area contributed by atoms with Gasteiger partial charge in [-0.3, -0.25) is 4.79 Å². The second-order valence-corrected chi connectivity index (χ2v) is 8.10. The normalized spacial score (nSPS) is 29.7. The van der Waals surface area contributed by atoms with E-state index in [2.05, 4.69) is 36.5 Å². The Labute approximate surface area is 155 Å². The zero-order valence-electron chi connectivity index (χ0n) is 15.6. The lowest BCUT2D eigenvalue weighted by molar-refractivity contribution is -0.142. The third-order valence-electron chi connectivity index (χ3n) is 6.25. The van der Waals surface area contributed by atoms with Gasteiger partial charge < -0.3 is 15.3 Å². The van der Waals surface area contributed by atoms with Crippen LogP contribution in [-0.2, 0) is 10.2 Å². The Hall–Kier alpha value is -2.04. The van der Waals surface area contributed by atoms with Gasteiger partial charge in [-0.2, -0.15) is 0 Å². The van der Waals surface area contributed by atoms with Crippen molar-refractivity contribution in [2.75, 3.05) is 13.1 Å². The van der Waals surface area contributed by atoms with Gasteiger partial charge in [0.15, 0.2) is 0 Å². The van der Waals surface area contributed by atoms with Gasteiger partial charge in [0.1, 0.15) is 0 Å². The second kappa shape index (κ2) is 8.11. The molecule has 2 aliphatic rings. The summed E-state index contributed by atoms with van der Waals surface area (Å²) in [6, 6.07) is 10.7. The fourth-order valence-corrected chi connectivity index (χ4v) is 4.36. The molecule has 1 saturated heterocycles. The first-order valence-corrected chi connectivity index (χ1v) is 9.82. The predicted octanol–water partition coefficient (Wildman–Crippen LogP) is 3.78. The standard InChI is InChI=1S/C21H30N2O3/c1-21(17-6-3-2-4-7-17)12-5-14-23(15-13-21)20(26)22-18-10-8-16(9-11-18)19(24)25/h2-4,6-7,16,18H,5,8-15H2,1H3,(H,22,26)(H,24,25). The van der Waals surface area contributed by atoms with Crippen LogP contribution in [0.5, 0.6) is 0 Å². The summed E-state index contributed by atoms with van der Waals surface area (Å²) in [5, 5.41) is 12.2. The fourth-order valence-electron chi connectivity index (χ4n) is 4.36. The number of carboxylic acid groups (broad SMARTS) is 1. The molecule has 1 saturated carbocycles. The monoisotopic (exact) mass is 358 g/mol. The highest BCUT2D eigenvalue weighted by Crippen LogP contribution is 2.35. The molecule has 1 aromatic rings. The van der Waals surface area contributed by atoms with Gasteiger partial charge in [0.2, 0.25) is 0 Å². The third-order valence-corrected chi connectivity index (χ3v) is 6.25. The first-order valence-electron chi connectivity index (χ1n) is 9.82. The zero-order chi connectivity index (χ0) is 18.6. The Morgan fingerprint density at radius 3 is 2.42 bits per heavy atom. The molecule has 1 heterocycles. The molecule has 3 rings (SSSR count). The van der Waals surface area contributed by atoms with E-state index in [1.807, 2.05) is 11.0 Å². The van der Waals surface area contributed by atoms with Crippen molar-refractivity contribution in [1.29, 1.82) is 0 Å². The van der Waals surface area contributed by atoms with Crippen LogP contribution in [0.3, 0.4) is 0 Å². The highest BCUT2D eigenvalue weighted by atomic mass is 16.4. The van der Waals surface area contributed by atoms with Gasteiger partial charge in [0, 0.05) is 19.1 Å². The van der Waals surface area contributed by atoms with Crippen LogP contribution >= 0.6 is 0 Å². The number of amides is 2. The van der Waals surface area contributed by atoms with Crippen molar-refractivity contribution >= 4 is 12.0 Å². The molecule has 2 N–H and O–H groups in total. The molecule has 1 aromatic carbocycles. The summed E-state index contributed by atoms with van der Waals surface area (Å²) in [6.45, 7) is 3.86. The van der Waals surface area contributed by atoms with Gasteiger partial charge in [-0.05, 0) is 55.9 Å². The molecule has 0 spiro atoms. The van der Waals surface area contributed by atoms with Crippen LogP contribution in [0.1, 0.15) is 57.4 Å². The van der Waals surface area contributed by atoms with Crippen molar-refractivity contribution in [3.63, 3.8) is 0 Å². The number of carbonyl (C=O) groups is 2. The van der Waals surface area contributed by atoms with E-state index in [1.54, 1.807) is 0 Å². The van der Waals surface area contributed by atoms with Crippen LogP contribution < -0.4 is 5.32 Å². The highest BCUT2D eigenvalue weighted by molar-refractivity contribution is 5.74. The Morgan fingerprint density at radius 2 is 1.77 bits per heavy atom. The maximum atomic E-state index is 12.7. The fraction of sp³-hybridized carbons (Fsp3) is 0.619. The molecule has 1 atom stereocenters. The second-order valence-electron chi connectivity index (χ2n) is 8.10. The number of rotatable bonds is 3. The van der Waals surface area contributed by atoms with E-state index in [9.17, 15) is 9.59 Å². The number of carboxylic acids is 1. The molecular formula is C21H30N2O3. The molecule has 1 unspecified atom stereocenters. The molecule has 5 nitrogen and oxygen atoms in total. The summed E-state index contributed by atoms with van der Waals surface area (Å²) in [7, 11) is 0. The van der Waals surface area contributed by atoms with E-state index in [0.29, 0.717) is 12.8 Å². The summed E-state index contributed by atoms with van der Waals surface area (Å²) in [5.41, 5.74) is 1.48. The molecular weight excluding hydrogens is 328 g/mol. The quantitative estimate of drug-likeness (QED) is 0.864. The van der Waals surface area contributed by atoms with Crippen molar-refractivity contribution in [1.82, 2.24) is 10.2 Å². The molecule has 0 bridgehead atoms. The number of carbonyl (C=O) groups excluding carboxylic acids is 1. The molecule has 1 aliphatic carbocycles. The van der Waals surface area contributed by atoms with E-state index in [-0.39, 0.29) is 23.4 Å². The van der Waals surface area contributed by atoms with Crippen LogP contribution in [0.15, 0.2) is 30.3 Å². The first-order chi connectivity index (χ1) is 12.5. The number of benzene rings is 1. The van der Waals surface area contributed by atoms with Crippen LogP contribution in [0.25, 0.3) is 0 Å². The molecule has 2 fully saturated rings. The van der Waals surface area contributed by atoms with Crippen molar-refractivity contribution in [2.24, 2.45) is 5.92 Å². The summed E-state index contributed by atoms with van der Waals surface area (Å²) in [6.07, 6.45) is 5.90. The minimum absolute atomic E-state index is 0.0149. The van der Waals surface area contributed by atoms with Gasteiger partial charge in [-0.25, -0.2) is 4.79 Å². The van der Waals surface area contributed by atoms with Crippen molar-refractivity contribution < 1.29 is 14.7 Å². The van der Waals surface area contributed by atoms with Gasteiger partial charge in [0.25, 0.3) is 0 Å². The van der Waals surface area contributed by atoms with Crippen LogP contribution in [0.4, 0.5) is 4.79 Å². The van der Waals surface area contributed by atoms with E-state index in [0.717, 1.165) is 45.2 Å². The van der Waals surface area contributed by atoms with E-state index >= 15 is 0 Å². The molecule has 26 heavy (non-hydrogen) atoms. The smallest absolute Gasteiger partial charge is 0.317 e. The average molecular weight is 358 g/mol. The number of nitrogens with zero attached hydrogens (tertiary/aromatic N) is 1. The Balaban J connectivity index is 1.53. The lowest BCUT2D eigenvalue weighted by Gasteiger charge is -2.31. The summed E-state index contributed by atoms with van der Waals surface area (Å²) >= 11 is 0. The van der Waals surface area contributed by atoms with Crippen LogP contribution in [0, 0.1) is 5.92 Å². The SMILES string of the molecule is CC1(c2ccccc2)CCCN(C(=O)NC2CCC(C(=O)O)CC2)CC1. The molecule has 1 aliphatic heterocycles. The predicted molar refractivity (Wildman–Crippen MR) is 101 cm³/mol. The number of hydrogen-bond acceptors (Lipinski definition) is 2. The number of urea groups is 1. The molecule has 5 heteroatoms. The van der Waals surface area contributed by atoms with Gasteiger partial charge in [0.05, 0.1) is 5.92 Å². The lowest BCUT2D eigenvalue weighted by atomic mass is 9.76. The molecule has 142 valence electrons. The minimum atomic E-state index is -0.706. The minimum Gasteiger partial charge on any atom is -0.481 e. The van der Waals surface area contributed by atoms with E-state index in [1.165, 1.54) is 5.56 Å². The first kappa shape index (κ1) is 18.7. The van der Waals surface area contributed by atoms with E-state index < -0.39 is 5.97 Å². The third kappa shape index (κ3) is 4.37. The van der Waals surface area contributed by atoms with Crippen LogP contribution in [0.2, 0.25) is 0 Å². The Morgan fingerprint density at radius 1 is 1.08 bits per heavy atom. The van der Waals surface area contributed by atoms with Crippen molar-refractivity contribution in [3.8, 4) is 0 Å². The number of hydrogen-bond donors (Lipinski definition) is 2. The van der Waals surface area contributed by atoms with Crippen LogP contribution in [-0.4, -0.2) is 41.1 Å². The lowest BCUT2D eigenvalue weighted by Crippen LogP contribution is -2.46. The summed E-state index contributed by atoms with van der Waals surface area (Å²) < 4.78 is 0. The number of likely N-dealkylation sites (tertiary alicyclic amines) is 1. The van der Waals surface area contributed by atoms with Gasteiger partial charge >= 0.3 is 12.0 Å². The Bertz CT molecular complexity index is 625. The van der Waals surface area contributed by atoms with Gasteiger partial charge in [-0.1, -0.05) is 37.3 Å². The maximum absolute atomic E-state index is 12.7. The van der Waals surface area contributed by atoms with Gasteiger partial charge in [-0.15, -0.1) is 0 Å². The average Bonchev–Trinajstić information content (AvgIpc) is 2.86. The molecule has 2 amide bonds. The number of aliphatic carboxylic acids is 1. The maximum Gasteiger partial charge on any atom is 0.317 e. The number of nitrogens with one attached hydrogen (secondary N) is 1. The summed E-state index contributed by atoms with van der Waals surface area (Å²) in [5.74, 6) is -0.949. The summed E-state index contributed by atoms with van der Waals surface area (Å²) in [4.78, 5) is 25.7. The van der Waals surface area contributed by atoms with Crippen molar-refractivity contribution in [2.45, 2.75) is 63.3 Å². The molecule has 0 aromatic heterocycles.